The van der Waals surface area contributed by atoms with Crippen LogP contribution in [0.4, 0.5) is 11.4 Å². The maximum Gasteiger partial charge on any atom is 0.251 e. The number of ketones is 1. The number of hydrogen-bond acceptors (Lipinski definition) is 8. The lowest BCUT2D eigenvalue weighted by molar-refractivity contribution is -0.133. The van der Waals surface area contributed by atoms with Crippen LogP contribution in [0.3, 0.4) is 0 Å². The summed E-state index contributed by atoms with van der Waals surface area (Å²) >= 11 is 0. The summed E-state index contributed by atoms with van der Waals surface area (Å²) in [5.41, 5.74) is 13.6. The van der Waals surface area contributed by atoms with Crippen LogP contribution in [0.1, 0.15) is 65.7 Å². The number of carbonyl (C=O) groups is 4. The Kier molecular flexibility index (Phi) is 13.2. The number of nitrogens with two attached hydrogens (primary N) is 2. The van der Waals surface area contributed by atoms with Crippen LogP contribution >= 0.6 is 21.6 Å². The number of Topliss-reactive ketones (excluding diaryl/α,β-unsaturated/α-hetero) is 1. The Morgan fingerprint density at radius 1 is 0.825 bits per heavy atom. The summed E-state index contributed by atoms with van der Waals surface area (Å²) in [4.78, 5) is 51.9. The minimum Gasteiger partial charge on any atom is -0.399 e. The van der Waals surface area contributed by atoms with E-state index in [1.807, 2.05) is 21.6 Å². The van der Waals surface area contributed by atoms with Gasteiger partial charge in [0.25, 0.3) is 5.91 Å². The van der Waals surface area contributed by atoms with E-state index in [1.165, 1.54) is 12.2 Å². The average Bonchev–Trinajstić information content (AvgIpc) is 3.47. The molecule has 1 aliphatic rings. The predicted molar refractivity (Wildman–Crippen MR) is 164 cm³/mol. The standard InChI is InChI=1S/C29H39N5O4S2/c30-23-11-7-21(8-12-23)26(35)5-3-17-34(18-16-32-29(38)22-9-13-24(31)14-10-22)28(37)20-33-27(36)6-2-1-4-25-15-19-39-40-25/h7-14,25H,1-6,15-20,30-31H2,(H,32,38)(H,33,36). The van der Waals surface area contributed by atoms with E-state index in [2.05, 4.69) is 10.6 Å². The molecule has 3 amide bonds. The molecule has 0 spiro atoms. The fourth-order valence-electron chi connectivity index (χ4n) is 4.24. The second-order valence-electron chi connectivity index (χ2n) is 9.76. The Balaban J connectivity index is 1.45. The van der Waals surface area contributed by atoms with E-state index >= 15 is 0 Å². The van der Waals surface area contributed by atoms with Crippen LogP contribution < -0.4 is 22.1 Å². The predicted octanol–water partition coefficient (Wildman–Crippen LogP) is 3.90. The van der Waals surface area contributed by atoms with Gasteiger partial charge >= 0.3 is 0 Å². The summed E-state index contributed by atoms with van der Waals surface area (Å²) in [5, 5.41) is 6.24. The minimum atomic E-state index is -0.270. The molecule has 2 aromatic carbocycles. The molecule has 0 saturated carbocycles. The zero-order chi connectivity index (χ0) is 28.7. The lowest BCUT2D eigenvalue weighted by atomic mass is 10.1. The van der Waals surface area contributed by atoms with E-state index in [1.54, 1.807) is 53.4 Å². The summed E-state index contributed by atoms with van der Waals surface area (Å²) < 4.78 is 0. The summed E-state index contributed by atoms with van der Waals surface area (Å²) in [6, 6.07) is 13.3. The molecule has 216 valence electrons. The normalized spacial score (nSPS) is 14.4. The molecule has 2 aromatic rings. The van der Waals surface area contributed by atoms with Gasteiger partial charge in [0.1, 0.15) is 0 Å². The molecule has 0 aromatic heterocycles. The van der Waals surface area contributed by atoms with Crippen molar-refractivity contribution >= 4 is 56.5 Å². The summed E-state index contributed by atoms with van der Waals surface area (Å²) in [7, 11) is 3.86. The van der Waals surface area contributed by atoms with Gasteiger partial charge < -0.3 is 27.0 Å². The van der Waals surface area contributed by atoms with Crippen LogP contribution in [-0.2, 0) is 9.59 Å². The second-order valence-corrected chi connectivity index (χ2v) is 12.5. The van der Waals surface area contributed by atoms with Crippen LogP contribution in [0.2, 0.25) is 0 Å². The Labute approximate surface area is 244 Å². The van der Waals surface area contributed by atoms with Crippen LogP contribution in [0.15, 0.2) is 48.5 Å². The monoisotopic (exact) mass is 585 g/mol. The maximum atomic E-state index is 13.0. The molecule has 1 aliphatic heterocycles. The smallest absolute Gasteiger partial charge is 0.251 e. The van der Waals surface area contributed by atoms with Crippen molar-refractivity contribution in [3.8, 4) is 0 Å². The van der Waals surface area contributed by atoms with E-state index in [0.29, 0.717) is 47.1 Å². The highest BCUT2D eigenvalue weighted by molar-refractivity contribution is 8.77. The van der Waals surface area contributed by atoms with Crippen molar-refractivity contribution in [2.45, 2.75) is 50.2 Å². The molecule has 0 bridgehead atoms. The van der Waals surface area contributed by atoms with Gasteiger partial charge in [-0.25, -0.2) is 0 Å². The van der Waals surface area contributed by atoms with Gasteiger partial charge in [-0.1, -0.05) is 28.0 Å². The highest BCUT2D eigenvalue weighted by Crippen LogP contribution is 2.39. The molecule has 1 fully saturated rings. The third-order valence-electron chi connectivity index (χ3n) is 6.60. The molecule has 1 unspecified atom stereocenters. The third kappa shape index (κ3) is 11.1. The molecule has 3 rings (SSSR count). The van der Waals surface area contributed by atoms with Gasteiger partial charge in [-0.2, -0.15) is 0 Å². The fraction of sp³-hybridized carbons (Fsp3) is 0.448. The minimum absolute atomic E-state index is 0.0352. The van der Waals surface area contributed by atoms with Gasteiger partial charge in [-0.15, -0.1) is 0 Å². The van der Waals surface area contributed by atoms with Crippen molar-refractivity contribution in [2.75, 3.05) is 43.4 Å². The largest absolute Gasteiger partial charge is 0.399 e. The zero-order valence-electron chi connectivity index (χ0n) is 22.7. The van der Waals surface area contributed by atoms with E-state index in [4.69, 9.17) is 11.5 Å². The average molecular weight is 586 g/mol. The quantitative estimate of drug-likeness (QED) is 0.100. The van der Waals surface area contributed by atoms with Crippen molar-refractivity contribution in [3.05, 3.63) is 59.7 Å². The van der Waals surface area contributed by atoms with Crippen LogP contribution in [0, 0.1) is 0 Å². The number of unbranched alkanes of at least 4 members (excludes halogenated alkanes) is 1. The van der Waals surface area contributed by atoms with E-state index in [0.717, 1.165) is 19.3 Å². The number of amides is 3. The Bertz CT molecular complexity index is 1060. The third-order valence-corrected chi connectivity index (χ3v) is 9.61. The van der Waals surface area contributed by atoms with E-state index in [9.17, 15) is 19.2 Å². The first-order valence-electron chi connectivity index (χ1n) is 13.7. The van der Waals surface area contributed by atoms with Crippen LogP contribution in [0.25, 0.3) is 0 Å². The highest BCUT2D eigenvalue weighted by atomic mass is 33.1. The number of nitrogens with one attached hydrogen (secondary N) is 2. The van der Waals surface area contributed by atoms with Gasteiger partial charge in [0.2, 0.25) is 11.8 Å². The summed E-state index contributed by atoms with van der Waals surface area (Å²) in [5.74, 6) is 0.502. The lowest BCUT2D eigenvalue weighted by Crippen LogP contribution is -2.44. The molecule has 0 aliphatic carbocycles. The number of carbonyl (C=O) groups excluding carboxylic acids is 4. The van der Waals surface area contributed by atoms with Gasteiger partial charge in [-0.05, 0) is 74.2 Å². The molecule has 11 heteroatoms. The fourth-order valence-corrected chi connectivity index (χ4v) is 7.27. The van der Waals surface area contributed by atoms with Crippen LogP contribution in [0.5, 0.6) is 0 Å². The van der Waals surface area contributed by atoms with Gasteiger partial charge in [-0.3, -0.25) is 19.2 Å². The summed E-state index contributed by atoms with van der Waals surface area (Å²) in [6.07, 6.45) is 5.26. The molecule has 1 heterocycles. The first-order chi connectivity index (χ1) is 19.3. The van der Waals surface area contributed by atoms with Crippen LogP contribution in [-0.4, -0.2) is 65.6 Å². The van der Waals surface area contributed by atoms with E-state index in [-0.39, 0.29) is 49.6 Å². The van der Waals surface area contributed by atoms with Crippen molar-refractivity contribution in [2.24, 2.45) is 0 Å². The molecule has 6 N–H and O–H groups in total. The van der Waals surface area contributed by atoms with E-state index < -0.39 is 0 Å². The number of nitrogens with zero attached hydrogens (tertiary/aromatic N) is 1. The molecule has 1 atom stereocenters. The van der Waals surface area contributed by atoms with Crippen molar-refractivity contribution < 1.29 is 19.2 Å². The van der Waals surface area contributed by atoms with Crippen molar-refractivity contribution in [3.63, 3.8) is 0 Å². The zero-order valence-corrected chi connectivity index (χ0v) is 24.4. The molecule has 1 saturated heterocycles. The Morgan fingerprint density at radius 2 is 1.50 bits per heavy atom. The molecular weight excluding hydrogens is 546 g/mol. The number of anilines is 2. The molecule has 9 nitrogen and oxygen atoms in total. The Hall–Kier alpha value is -3.18. The molecule has 40 heavy (non-hydrogen) atoms. The van der Waals surface area contributed by atoms with Crippen molar-refractivity contribution in [1.29, 1.82) is 0 Å². The van der Waals surface area contributed by atoms with Crippen molar-refractivity contribution in [1.82, 2.24) is 15.5 Å². The second kappa shape index (κ2) is 16.8. The number of benzene rings is 2. The van der Waals surface area contributed by atoms with Gasteiger partial charge in [0.15, 0.2) is 5.78 Å². The molecule has 0 radical (unpaired) electrons. The molecular formula is C29H39N5O4S2. The first kappa shape index (κ1) is 31.3. The first-order valence-corrected chi connectivity index (χ1v) is 16.1. The number of hydrogen-bond donors (Lipinski definition) is 4. The number of rotatable bonds is 16. The SMILES string of the molecule is Nc1ccc(C(=O)CCCN(CCNC(=O)c2ccc(N)cc2)C(=O)CNC(=O)CCCCC2CCSS2)cc1. The Morgan fingerprint density at radius 3 is 2.15 bits per heavy atom. The topological polar surface area (TPSA) is 148 Å². The van der Waals surface area contributed by atoms with Gasteiger partial charge in [0.05, 0.1) is 6.54 Å². The summed E-state index contributed by atoms with van der Waals surface area (Å²) in [6.45, 7) is 0.685. The maximum absolute atomic E-state index is 13.0. The lowest BCUT2D eigenvalue weighted by Gasteiger charge is -2.23. The highest BCUT2D eigenvalue weighted by Gasteiger charge is 2.18. The van der Waals surface area contributed by atoms with Gasteiger partial charge in [0, 0.05) is 66.0 Å². The number of nitrogen functional groups attached to an aromatic ring is 2.